The third-order valence-electron chi connectivity index (χ3n) is 5.81. The Morgan fingerprint density at radius 2 is 2.04 bits per heavy atom. The van der Waals surface area contributed by atoms with Crippen molar-refractivity contribution in [1.29, 1.82) is 0 Å². The quantitative estimate of drug-likeness (QED) is 0.428. The molecule has 6 heteroatoms. The summed E-state index contributed by atoms with van der Waals surface area (Å²) in [6.45, 7) is 5.91. The van der Waals surface area contributed by atoms with Gasteiger partial charge in [-0.1, -0.05) is 31.5 Å². The first-order valence-electron chi connectivity index (χ1n) is 9.77. The summed E-state index contributed by atoms with van der Waals surface area (Å²) < 4.78 is 5.73. The zero-order chi connectivity index (χ0) is 19.5. The van der Waals surface area contributed by atoms with Crippen molar-refractivity contribution in [3.63, 3.8) is 0 Å². The van der Waals surface area contributed by atoms with Gasteiger partial charge in [-0.25, -0.2) is 14.6 Å². The zero-order valence-electron chi connectivity index (χ0n) is 16.3. The summed E-state index contributed by atoms with van der Waals surface area (Å²) in [5, 5.41) is 11.0. The van der Waals surface area contributed by atoms with Crippen molar-refractivity contribution in [1.82, 2.24) is 0 Å². The van der Waals surface area contributed by atoms with Crippen molar-refractivity contribution in [2.75, 3.05) is 11.5 Å². The molecule has 2 bridgehead atoms. The van der Waals surface area contributed by atoms with Crippen LogP contribution in [0.2, 0.25) is 0 Å². The summed E-state index contributed by atoms with van der Waals surface area (Å²) in [5.74, 6) is 1.67. The predicted octanol–water partition coefficient (Wildman–Crippen LogP) is 4.00. The minimum absolute atomic E-state index is 0.166. The number of rotatable bonds is 7. The van der Waals surface area contributed by atoms with E-state index < -0.39 is 29.4 Å². The van der Waals surface area contributed by atoms with Crippen molar-refractivity contribution in [2.24, 2.45) is 5.92 Å². The van der Waals surface area contributed by atoms with E-state index in [1.54, 1.807) is 31.2 Å². The molecule has 1 aromatic rings. The summed E-state index contributed by atoms with van der Waals surface area (Å²) >= 11 is 1.86. The van der Waals surface area contributed by atoms with Gasteiger partial charge in [0, 0.05) is 5.75 Å². The number of hydrogen-bond donors (Lipinski definition) is 1. The van der Waals surface area contributed by atoms with Crippen molar-refractivity contribution in [3.05, 3.63) is 35.9 Å². The topological polar surface area (TPSA) is 65.0 Å². The van der Waals surface area contributed by atoms with Gasteiger partial charge in [0.15, 0.2) is 0 Å². The van der Waals surface area contributed by atoms with Gasteiger partial charge in [0.1, 0.15) is 23.4 Å². The Balaban J connectivity index is 1.69. The Bertz CT molecular complexity index is 635. The molecular weight excluding hydrogens is 364 g/mol. The number of esters is 1. The highest BCUT2D eigenvalue weighted by atomic mass is 32.2. The number of carbonyl (C=O) groups excluding carboxylic acids is 1. The second-order valence-corrected chi connectivity index (χ2v) is 9.15. The number of hydrogen-bond acceptors (Lipinski definition) is 6. The van der Waals surface area contributed by atoms with E-state index >= 15 is 0 Å². The van der Waals surface area contributed by atoms with Crippen LogP contribution in [-0.2, 0) is 14.5 Å². The molecule has 1 aromatic carbocycles. The molecule has 27 heavy (non-hydrogen) atoms. The molecule has 5 nitrogen and oxygen atoms in total. The van der Waals surface area contributed by atoms with Gasteiger partial charge in [0.2, 0.25) is 0 Å². The first kappa shape index (κ1) is 20.6. The zero-order valence-corrected chi connectivity index (χ0v) is 17.2. The van der Waals surface area contributed by atoms with Gasteiger partial charge >= 0.3 is 5.97 Å². The summed E-state index contributed by atoms with van der Waals surface area (Å²) in [6, 6.07) is 8.88. The van der Waals surface area contributed by atoms with Gasteiger partial charge in [-0.15, -0.1) is 0 Å². The lowest BCUT2D eigenvalue weighted by Crippen LogP contribution is -2.64. The summed E-state index contributed by atoms with van der Waals surface area (Å²) in [5.41, 5.74) is -1.24. The van der Waals surface area contributed by atoms with Crippen molar-refractivity contribution in [2.45, 2.75) is 69.9 Å². The van der Waals surface area contributed by atoms with Crippen LogP contribution < -0.4 is 0 Å². The molecule has 150 valence electrons. The molecule has 1 aliphatic carbocycles. The molecule has 0 unspecified atom stereocenters. The normalized spacial score (nSPS) is 35.6. The third kappa shape index (κ3) is 4.50. The van der Waals surface area contributed by atoms with Crippen molar-refractivity contribution in [3.8, 4) is 0 Å². The number of carbonyl (C=O) groups is 1. The molecule has 0 aromatic heterocycles. The maximum Gasteiger partial charge on any atom is 0.338 e. The number of ether oxygens (including phenoxy) is 1. The Hall–Kier alpha value is -1.08. The van der Waals surface area contributed by atoms with Crippen LogP contribution in [0.5, 0.6) is 0 Å². The third-order valence-corrected chi connectivity index (χ3v) is 7.16. The van der Waals surface area contributed by atoms with Gasteiger partial charge in [-0.05, 0) is 56.9 Å². The standard InChI is InChI=1S/C21H30O5S/c1-4-5-11-27-14-20(2)16-12-17(21(3,23)18(13-16)25-26-20)24-19(22)15-9-7-6-8-10-15/h6-10,16-18,23H,4-5,11-14H2,1-3H3/t16-,17-,18-,20+,21-/m0/s1. The Morgan fingerprint density at radius 1 is 1.30 bits per heavy atom. The Morgan fingerprint density at radius 3 is 2.74 bits per heavy atom. The minimum Gasteiger partial charge on any atom is -0.456 e. The van der Waals surface area contributed by atoms with E-state index in [-0.39, 0.29) is 5.92 Å². The average Bonchev–Trinajstić information content (AvgIpc) is 2.66. The Kier molecular flexibility index (Phi) is 6.51. The van der Waals surface area contributed by atoms with Crippen molar-refractivity contribution >= 4 is 17.7 Å². The van der Waals surface area contributed by atoms with E-state index in [0.717, 1.165) is 11.5 Å². The summed E-state index contributed by atoms with van der Waals surface area (Å²) in [4.78, 5) is 23.9. The highest BCUT2D eigenvalue weighted by Gasteiger charge is 2.57. The highest BCUT2D eigenvalue weighted by Crippen LogP contribution is 2.47. The number of aliphatic hydroxyl groups is 1. The molecule has 1 heterocycles. The second kappa shape index (κ2) is 8.52. The van der Waals surface area contributed by atoms with Crippen LogP contribution in [0.25, 0.3) is 0 Å². The van der Waals surface area contributed by atoms with Crippen LogP contribution in [0.4, 0.5) is 0 Å². The van der Waals surface area contributed by atoms with E-state index in [2.05, 4.69) is 13.8 Å². The highest BCUT2D eigenvalue weighted by molar-refractivity contribution is 7.99. The lowest BCUT2D eigenvalue weighted by atomic mass is 9.69. The fourth-order valence-corrected chi connectivity index (χ4v) is 5.10. The van der Waals surface area contributed by atoms with Crippen LogP contribution in [0.3, 0.4) is 0 Å². The fraction of sp³-hybridized carbons (Fsp3) is 0.667. The van der Waals surface area contributed by atoms with Crippen LogP contribution in [0, 0.1) is 5.92 Å². The predicted molar refractivity (Wildman–Crippen MR) is 106 cm³/mol. The lowest BCUT2D eigenvalue weighted by molar-refractivity contribution is -0.448. The molecule has 2 aliphatic rings. The van der Waals surface area contributed by atoms with Crippen LogP contribution in [-0.4, -0.2) is 46.0 Å². The maximum atomic E-state index is 12.5. The molecule has 1 aliphatic heterocycles. The summed E-state index contributed by atoms with van der Waals surface area (Å²) in [6.07, 6.45) is 2.50. The SMILES string of the molecule is CCCCSC[C@@]1(C)OO[C@H]2C[C@@H]1C[C@H](OC(=O)c1ccccc1)[C@]2(C)O. The van der Waals surface area contributed by atoms with Gasteiger partial charge in [0.25, 0.3) is 0 Å². The van der Waals surface area contributed by atoms with E-state index in [0.29, 0.717) is 18.4 Å². The van der Waals surface area contributed by atoms with E-state index in [1.807, 2.05) is 17.8 Å². The van der Waals surface area contributed by atoms with E-state index in [9.17, 15) is 9.90 Å². The molecule has 1 N–H and O–H groups in total. The first-order chi connectivity index (χ1) is 12.9. The van der Waals surface area contributed by atoms with Gasteiger partial charge < -0.3 is 9.84 Å². The fourth-order valence-electron chi connectivity index (χ4n) is 3.77. The molecule has 0 radical (unpaired) electrons. The maximum absolute atomic E-state index is 12.5. The molecule has 0 amide bonds. The molecular formula is C21H30O5S. The number of fused-ring (bicyclic) bond motifs is 2. The van der Waals surface area contributed by atoms with E-state index in [1.165, 1.54) is 12.8 Å². The van der Waals surface area contributed by atoms with Gasteiger partial charge in [-0.3, -0.25) is 0 Å². The lowest BCUT2D eigenvalue weighted by Gasteiger charge is -2.53. The number of thioether (sulfide) groups is 1. The molecule has 1 saturated carbocycles. The molecule has 1 saturated heterocycles. The molecule has 3 rings (SSSR count). The van der Waals surface area contributed by atoms with E-state index in [4.69, 9.17) is 14.5 Å². The molecule has 0 spiro atoms. The minimum atomic E-state index is -1.28. The Labute approximate surface area is 165 Å². The van der Waals surface area contributed by atoms with Crippen LogP contribution >= 0.6 is 11.8 Å². The van der Waals surface area contributed by atoms with Gasteiger partial charge in [-0.2, -0.15) is 11.8 Å². The second-order valence-electron chi connectivity index (χ2n) is 8.04. The monoisotopic (exact) mass is 394 g/mol. The smallest absolute Gasteiger partial charge is 0.338 e. The van der Waals surface area contributed by atoms with Crippen LogP contribution in [0.1, 0.15) is 56.8 Å². The van der Waals surface area contributed by atoms with Gasteiger partial charge in [0.05, 0.1) is 5.56 Å². The first-order valence-corrected chi connectivity index (χ1v) is 10.9. The number of unbranched alkanes of at least 4 members (excludes halogenated alkanes) is 1. The van der Waals surface area contributed by atoms with Crippen molar-refractivity contribution < 1.29 is 24.4 Å². The molecule has 2 fully saturated rings. The largest absolute Gasteiger partial charge is 0.456 e. The molecule has 5 atom stereocenters. The average molecular weight is 395 g/mol. The number of benzene rings is 1. The van der Waals surface area contributed by atoms with Crippen LogP contribution in [0.15, 0.2) is 30.3 Å². The summed E-state index contributed by atoms with van der Waals surface area (Å²) in [7, 11) is 0.